The summed E-state index contributed by atoms with van der Waals surface area (Å²) < 4.78 is 1.57. The van der Waals surface area contributed by atoms with Crippen LogP contribution in [0.5, 0.6) is 0 Å². The van der Waals surface area contributed by atoms with Crippen LogP contribution in [0.3, 0.4) is 0 Å². The first-order valence-electron chi connectivity index (χ1n) is 8.64. The first-order chi connectivity index (χ1) is 12.8. The monoisotopic (exact) mass is 373 g/mol. The molecule has 1 unspecified atom stereocenters. The number of carboxylic acid groups (broad SMARTS) is 1. The number of aliphatic carboxylic acids is 1. The van der Waals surface area contributed by atoms with Gasteiger partial charge in [-0.2, -0.15) is 0 Å². The molecule has 9 heteroatoms. The van der Waals surface area contributed by atoms with Crippen molar-refractivity contribution in [1.29, 1.82) is 0 Å². The molecule has 1 aromatic heterocycles. The normalized spacial score (nSPS) is 11.7. The Bertz CT molecular complexity index is 818. The van der Waals surface area contributed by atoms with Crippen molar-refractivity contribution in [3.05, 3.63) is 42.0 Å². The van der Waals surface area contributed by atoms with Crippen LogP contribution in [0.4, 0.5) is 0 Å². The molecule has 0 aliphatic rings. The van der Waals surface area contributed by atoms with E-state index >= 15 is 0 Å². The molecule has 144 valence electrons. The van der Waals surface area contributed by atoms with Gasteiger partial charge in [-0.25, -0.2) is 14.5 Å². The number of nitrogens with one attached hydrogen (secondary N) is 1. The Morgan fingerprint density at radius 2 is 1.93 bits per heavy atom. The summed E-state index contributed by atoms with van der Waals surface area (Å²) in [4.78, 5) is 40.8. The highest BCUT2D eigenvalue weighted by Gasteiger charge is 2.29. The van der Waals surface area contributed by atoms with Gasteiger partial charge in [-0.15, -0.1) is 5.10 Å². The Kier molecular flexibility index (Phi) is 6.64. The van der Waals surface area contributed by atoms with E-state index in [2.05, 4.69) is 15.4 Å². The fourth-order valence-electron chi connectivity index (χ4n) is 2.52. The Hall–Kier alpha value is -3.23. The van der Waals surface area contributed by atoms with Crippen molar-refractivity contribution in [2.75, 3.05) is 13.1 Å². The van der Waals surface area contributed by atoms with Gasteiger partial charge in [0, 0.05) is 26.4 Å². The van der Waals surface area contributed by atoms with E-state index in [4.69, 9.17) is 0 Å². The summed E-state index contributed by atoms with van der Waals surface area (Å²) in [7, 11) is 0. The zero-order valence-electron chi connectivity index (χ0n) is 15.5. The fourth-order valence-corrected chi connectivity index (χ4v) is 2.52. The number of hydrogen-bond acceptors (Lipinski definition) is 5. The fraction of sp³-hybridized carbons (Fsp3) is 0.389. The van der Waals surface area contributed by atoms with Crippen LogP contribution in [0, 0.1) is 0 Å². The maximum absolute atomic E-state index is 12.9. The number of hydrogen-bond donors (Lipinski definition) is 2. The van der Waals surface area contributed by atoms with Crippen molar-refractivity contribution in [1.82, 2.24) is 25.0 Å². The van der Waals surface area contributed by atoms with Crippen LogP contribution in [0.2, 0.25) is 0 Å². The minimum atomic E-state index is -1.15. The molecular formula is C18H23N5O4. The molecule has 0 fully saturated rings. The predicted molar refractivity (Wildman–Crippen MR) is 97.6 cm³/mol. The molecule has 0 aliphatic heterocycles. The summed E-state index contributed by atoms with van der Waals surface area (Å²) in [5, 5.41) is 16.2. The smallest absolute Gasteiger partial charge is 0.326 e. The van der Waals surface area contributed by atoms with Crippen LogP contribution in [-0.2, 0) is 16.0 Å². The molecule has 0 radical (unpaired) electrons. The van der Waals surface area contributed by atoms with Crippen molar-refractivity contribution in [3.8, 4) is 5.69 Å². The van der Waals surface area contributed by atoms with Gasteiger partial charge in [-0.1, -0.05) is 25.1 Å². The number of carbonyl (C=O) groups excluding carboxylic acids is 2. The van der Waals surface area contributed by atoms with Crippen molar-refractivity contribution >= 4 is 17.8 Å². The molecule has 2 rings (SSSR count). The van der Waals surface area contributed by atoms with Crippen LogP contribution in [-0.4, -0.2) is 61.7 Å². The number of rotatable bonds is 8. The summed E-state index contributed by atoms with van der Waals surface area (Å²) in [6.45, 7) is 4.82. The molecule has 1 aromatic carbocycles. The lowest BCUT2D eigenvalue weighted by atomic mass is 10.2. The molecule has 1 atom stereocenters. The molecule has 0 aliphatic carbocycles. The van der Waals surface area contributed by atoms with Crippen molar-refractivity contribution in [2.24, 2.45) is 0 Å². The lowest BCUT2D eigenvalue weighted by molar-refractivity contribution is -0.141. The predicted octanol–water partition coefficient (Wildman–Crippen LogP) is 0.881. The first kappa shape index (κ1) is 20.1. The highest BCUT2D eigenvalue weighted by Crippen LogP contribution is 2.13. The lowest BCUT2D eigenvalue weighted by Gasteiger charge is -2.25. The van der Waals surface area contributed by atoms with Gasteiger partial charge in [0.05, 0.1) is 5.69 Å². The van der Waals surface area contributed by atoms with Crippen molar-refractivity contribution < 1.29 is 19.5 Å². The van der Waals surface area contributed by atoms with E-state index in [9.17, 15) is 19.5 Å². The molecule has 2 amide bonds. The Labute approximate surface area is 157 Å². The average molecular weight is 373 g/mol. The largest absolute Gasteiger partial charge is 0.480 e. The van der Waals surface area contributed by atoms with E-state index in [-0.39, 0.29) is 24.8 Å². The Balaban J connectivity index is 2.32. The first-order valence-corrected chi connectivity index (χ1v) is 8.64. The third kappa shape index (κ3) is 4.90. The lowest BCUT2D eigenvalue weighted by Crippen LogP contribution is -2.47. The van der Waals surface area contributed by atoms with E-state index in [0.29, 0.717) is 12.2 Å². The second-order valence-electron chi connectivity index (χ2n) is 5.95. The number of benzene rings is 1. The zero-order valence-corrected chi connectivity index (χ0v) is 15.5. The third-order valence-electron chi connectivity index (χ3n) is 3.99. The maximum Gasteiger partial charge on any atom is 0.326 e. The van der Waals surface area contributed by atoms with E-state index < -0.39 is 17.9 Å². The minimum Gasteiger partial charge on any atom is -0.480 e. The van der Waals surface area contributed by atoms with E-state index in [1.807, 2.05) is 37.3 Å². The number of aryl methyl sites for hydroxylation is 1. The van der Waals surface area contributed by atoms with E-state index in [1.165, 1.54) is 13.8 Å². The number of para-hydroxylation sites is 1. The summed E-state index contributed by atoms with van der Waals surface area (Å²) in [5.74, 6) is -1.49. The number of carboxylic acids is 1. The van der Waals surface area contributed by atoms with Crippen LogP contribution < -0.4 is 5.32 Å². The number of carbonyl (C=O) groups is 3. The third-order valence-corrected chi connectivity index (χ3v) is 3.99. The highest BCUT2D eigenvalue weighted by molar-refractivity contribution is 5.93. The topological polar surface area (TPSA) is 117 Å². The SMILES string of the molecule is CCc1nc(C(=O)N(CCNC(C)=O)C(C)C(=O)O)nn1-c1ccccc1. The van der Waals surface area contributed by atoms with Gasteiger partial charge in [-0.05, 0) is 19.1 Å². The Morgan fingerprint density at radius 1 is 1.26 bits per heavy atom. The van der Waals surface area contributed by atoms with Gasteiger partial charge in [-0.3, -0.25) is 9.59 Å². The highest BCUT2D eigenvalue weighted by atomic mass is 16.4. The number of nitrogens with zero attached hydrogens (tertiary/aromatic N) is 4. The second kappa shape index (κ2) is 8.93. The zero-order chi connectivity index (χ0) is 20.0. The van der Waals surface area contributed by atoms with Crippen LogP contribution in [0.25, 0.3) is 5.69 Å². The standard InChI is InChI=1S/C18H23N5O4/c1-4-15-20-16(21-23(15)14-8-6-5-7-9-14)17(25)22(12(2)18(26)27)11-10-19-13(3)24/h5-9,12H,4,10-11H2,1-3H3,(H,19,24)(H,26,27). The molecule has 1 heterocycles. The van der Waals surface area contributed by atoms with Gasteiger partial charge in [0.2, 0.25) is 11.7 Å². The number of aromatic nitrogens is 3. The van der Waals surface area contributed by atoms with E-state index in [0.717, 1.165) is 10.6 Å². The summed E-state index contributed by atoms with van der Waals surface area (Å²) in [6.07, 6.45) is 0.551. The van der Waals surface area contributed by atoms with Gasteiger partial charge < -0.3 is 15.3 Å². The summed E-state index contributed by atoms with van der Waals surface area (Å²) in [5.41, 5.74) is 0.761. The summed E-state index contributed by atoms with van der Waals surface area (Å²) >= 11 is 0. The molecule has 9 nitrogen and oxygen atoms in total. The van der Waals surface area contributed by atoms with Crippen LogP contribution >= 0.6 is 0 Å². The van der Waals surface area contributed by atoms with Gasteiger partial charge >= 0.3 is 5.97 Å². The average Bonchev–Trinajstić information content (AvgIpc) is 3.09. The van der Waals surface area contributed by atoms with Gasteiger partial charge in [0.1, 0.15) is 11.9 Å². The minimum absolute atomic E-state index is 0.0349. The molecule has 27 heavy (non-hydrogen) atoms. The molecule has 0 saturated heterocycles. The molecular weight excluding hydrogens is 350 g/mol. The number of amides is 2. The Morgan fingerprint density at radius 3 is 2.48 bits per heavy atom. The quantitative estimate of drug-likeness (QED) is 0.709. The molecule has 0 spiro atoms. The van der Waals surface area contributed by atoms with Gasteiger partial charge in [0.25, 0.3) is 5.91 Å². The van der Waals surface area contributed by atoms with Crippen LogP contribution in [0.1, 0.15) is 37.2 Å². The molecule has 2 aromatic rings. The molecule has 2 N–H and O–H groups in total. The molecule has 0 bridgehead atoms. The maximum atomic E-state index is 12.9. The van der Waals surface area contributed by atoms with Crippen molar-refractivity contribution in [2.45, 2.75) is 33.2 Å². The summed E-state index contributed by atoms with van der Waals surface area (Å²) in [6, 6.07) is 8.18. The second-order valence-corrected chi connectivity index (χ2v) is 5.95. The molecule has 0 saturated carbocycles. The van der Waals surface area contributed by atoms with Crippen LogP contribution in [0.15, 0.2) is 30.3 Å². The van der Waals surface area contributed by atoms with Crippen molar-refractivity contribution in [3.63, 3.8) is 0 Å². The van der Waals surface area contributed by atoms with Gasteiger partial charge in [0.15, 0.2) is 0 Å². The van der Waals surface area contributed by atoms with E-state index in [1.54, 1.807) is 4.68 Å².